The van der Waals surface area contributed by atoms with Crippen molar-refractivity contribution >= 4 is 0 Å². The third kappa shape index (κ3) is 3.24. The Kier molecular flexibility index (Phi) is 5.02. The lowest BCUT2D eigenvalue weighted by molar-refractivity contribution is -0.925. The molecule has 2 rings (SSSR count). The quantitative estimate of drug-likeness (QED) is 0.721. The highest BCUT2D eigenvalue weighted by Crippen LogP contribution is 2.15. The van der Waals surface area contributed by atoms with Crippen molar-refractivity contribution in [1.82, 2.24) is 0 Å². The minimum Gasteiger partial charge on any atom is -0.496 e. The van der Waals surface area contributed by atoms with E-state index in [1.807, 2.05) is 12.1 Å². The molecule has 1 aromatic rings. The van der Waals surface area contributed by atoms with Crippen LogP contribution in [-0.4, -0.2) is 32.8 Å². The molecule has 1 heterocycles. The second kappa shape index (κ2) is 6.76. The van der Waals surface area contributed by atoms with E-state index in [0.717, 1.165) is 18.3 Å². The summed E-state index contributed by atoms with van der Waals surface area (Å²) in [7, 11) is 1.75. The smallest absolute Gasteiger partial charge is 0.137 e. The summed E-state index contributed by atoms with van der Waals surface area (Å²) < 4.78 is 5.38. The van der Waals surface area contributed by atoms with Gasteiger partial charge in [0, 0.05) is 18.4 Å². The molecule has 1 unspecified atom stereocenters. The fourth-order valence-corrected chi connectivity index (χ4v) is 3.05. The standard InChI is InChI=1S/C15H24N2O/c1-3-17-10-6-8-14(17)12-16-11-13-7-4-5-9-15(13)18-2/h4-5,7,9,14,16H,3,6,8,10-12H2,1-2H3/p+2/t14-/m0/s1. The van der Waals surface area contributed by atoms with Gasteiger partial charge in [0.1, 0.15) is 24.9 Å². The number of rotatable bonds is 6. The normalized spacial score (nSPS) is 23.2. The average Bonchev–Trinajstić information content (AvgIpc) is 2.87. The van der Waals surface area contributed by atoms with Gasteiger partial charge in [-0.2, -0.15) is 0 Å². The van der Waals surface area contributed by atoms with Crippen LogP contribution in [-0.2, 0) is 6.54 Å². The summed E-state index contributed by atoms with van der Waals surface area (Å²) in [5, 5.41) is 2.43. The molecule has 100 valence electrons. The second-order valence-electron chi connectivity index (χ2n) is 5.14. The van der Waals surface area contributed by atoms with Gasteiger partial charge in [-0.3, -0.25) is 0 Å². The van der Waals surface area contributed by atoms with Crippen LogP contribution in [0.3, 0.4) is 0 Å². The summed E-state index contributed by atoms with van der Waals surface area (Å²) in [4.78, 5) is 1.78. The average molecular weight is 250 g/mol. The largest absolute Gasteiger partial charge is 0.496 e. The highest BCUT2D eigenvalue weighted by molar-refractivity contribution is 5.32. The van der Waals surface area contributed by atoms with E-state index < -0.39 is 0 Å². The first-order valence-corrected chi connectivity index (χ1v) is 7.13. The molecule has 0 spiro atoms. The zero-order valence-electron chi connectivity index (χ0n) is 11.6. The fourth-order valence-electron chi connectivity index (χ4n) is 3.05. The number of likely N-dealkylation sites (tertiary alicyclic amines) is 1. The first kappa shape index (κ1) is 13.4. The van der Waals surface area contributed by atoms with E-state index in [2.05, 4.69) is 24.4 Å². The molecule has 0 saturated carbocycles. The van der Waals surface area contributed by atoms with Crippen molar-refractivity contribution in [3.8, 4) is 5.75 Å². The van der Waals surface area contributed by atoms with Crippen LogP contribution in [0.4, 0.5) is 0 Å². The Balaban J connectivity index is 1.81. The molecule has 1 fully saturated rings. The number of nitrogens with one attached hydrogen (secondary N) is 1. The number of quaternary nitrogens is 2. The van der Waals surface area contributed by atoms with E-state index in [4.69, 9.17) is 4.74 Å². The molecule has 0 aromatic heterocycles. The molecule has 2 atom stereocenters. The molecule has 1 aromatic carbocycles. The zero-order valence-corrected chi connectivity index (χ0v) is 11.6. The van der Waals surface area contributed by atoms with Crippen molar-refractivity contribution in [2.75, 3.05) is 26.7 Å². The Bertz CT molecular complexity index is 367. The second-order valence-corrected chi connectivity index (χ2v) is 5.14. The molecule has 3 nitrogen and oxygen atoms in total. The Labute approximate surface area is 110 Å². The summed E-state index contributed by atoms with van der Waals surface area (Å²) in [6.45, 7) is 7.20. The van der Waals surface area contributed by atoms with Crippen LogP contribution in [0, 0.1) is 0 Å². The summed E-state index contributed by atoms with van der Waals surface area (Å²) in [5.74, 6) is 1.01. The van der Waals surface area contributed by atoms with E-state index in [1.165, 1.54) is 38.0 Å². The lowest BCUT2D eigenvalue weighted by Crippen LogP contribution is -3.16. The Hall–Kier alpha value is -1.06. The van der Waals surface area contributed by atoms with Gasteiger partial charge in [-0.05, 0) is 19.1 Å². The highest BCUT2D eigenvalue weighted by atomic mass is 16.5. The zero-order chi connectivity index (χ0) is 12.8. The summed E-state index contributed by atoms with van der Waals surface area (Å²) in [5.41, 5.74) is 1.30. The summed E-state index contributed by atoms with van der Waals surface area (Å²) in [6.07, 6.45) is 2.79. The van der Waals surface area contributed by atoms with Gasteiger partial charge in [0.25, 0.3) is 0 Å². The molecule has 1 saturated heterocycles. The number of likely N-dealkylation sites (N-methyl/N-ethyl adjacent to an activating group) is 1. The molecule has 18 heavy (non-hydrogen) atoms. The van der Waals surface area contributed by atoms with Gasteiger partial charge >= 0.3 is 0 Å². The van der Waals surface area contributed by atoms with E-state index >= 15 is 0 Å². The lowest BCUT2D eigenvalue weighted by Gasteiger charge is -2.18. The van der Waals surface area contributed by atoms with Gasteiger partial charge in [0.2, 0.25) is 0 Å². The highest BCUT2D eigenvalue weighted by Gasteiger charge is 2.28. The minimum atomic E-state index is 0.852. The molecule has 3 heteroatoms. The molecule has 1 aliphatic heterocycles. The van der Waals surface area contributed by atoms with Crippen molar-refractivity contribution in [3.05, 3.63) is 29.8 Å². The predicted octanol–water partition coefficient (Wildman–Crippen LogP) is -0.174. The van der Waals surface area contributed by atoms with Crippen LogP contribution in [0.5, 0.6) is 5.75 Å². The first-order valence-electron chi connectivity index (χ1n) is 7.13. The molecule has 0 bridgehead atoms. The van der Waals surface area contributed by atoms with Crippen LogP contribution in [0.25, 0.3) is 0 Å². The maximum Gasteiger partial charge on any atom is 0.137 e. The molecule has 0 aliphatic carbocycles. The van der Waals surface area contributed by atoms with E-state index in [9.17, 15) is 0 Å². The van der Waals surface area contributed by atoms with Gasteiger partial charge in [-0.1, -0.05) is 12.1 Å². The van der Waals surface area contributed by atoms with Crippen molar-refractivity contribution in [3.63, 3.8) is 0 Å². The SMILES string of the molecule is CC[NH+]1CCC[C@H]1C[NH2+]Cc1ccccc1OC. The van der Waals surface area contributed by atoms with E-state index in [1.54, 1.807) is 12.0 Å². The van der Waals surface area contributed by atoms with Crippen molar-refractivity contribution < 1.29 is 15.0 Å². The minimum absolute atomic E-state index is 0.852. The molecular formula is C15H26N2O+2. The van der Waals surface area contributed by atoms with Crippen LogP contribution < -0.4 is 15.0 Å². The molecule has 3 N–H and O–H groups in total. The number of methoxy groups -OCH3 is 1. The summed E-state index contributed by atoms with van der Waals surface area (Å²) in [6, 6.07) is 9.17. The van der Waals surface area contributed by atoms with Gasteiger partial charge in [-0.15, -0.1) is 0 Å². The third-order valence-corrected chi connectivity index (χ3v) is 4.09. The number of nitrogens with two attached hydrogens (primary N) is 1. The fraction of sp³-hybridized carbons (Fsp3) is 0.600. The van der Waals surface area contributed by atoms with Crippen molar-refractivity contribution in [1.29, 1.82) is 0 Å². The van der Waals surface area contributed by atoms with E-state index in [0.29, 0.717) is 0 Å². The first-order chi connectivity index (χ1) is 8.85. The monoisotopic (exact) mass is 250 g/mol. The van der Waals surface area contributed by atoms with Crippen LogP contribution in [0.2, 0.25) is 0 Å². The topological polar surface area (TPSA) is 30.3 Å². The summed E-state index contributed by atoms with van der Waals surface area (Å²) >= 11 is 0. The van der Waals surface area contributed by atoms with Gasteiger partial charge < -0.3 is 15.0 Å². The van der Waals surface area contributed by atoms with Gasteiger partial charge in [0.15, 0.2) is 0 Å². The number of hydrogen-bond acceptors (Lipinski definition) is 1. The lowest BCUT2D eigenvalue weighted by atomic mass is 10.2. The predicted molar refractivity (Wildman–Crippen MR) is 72.9 cm³/mol. The Morgan fingerprint density at radius 2 is 2.22 bits per heavy atom. The number of para-hydroxylation sites is 1. The Morgan fingerprint density at radius 3 is 3.00 bits per heavy atom. The number of benzene rings is 1. The molecule has 1 aliphatic rings. The number of ether oxygens (including phenoxy) is 1. The Morgan fingerprint density at radius 1 is 1.39 bits per heavy atom. The molecule has 0 amide bonds. The van der Waals surface area contributed by atoms with Crippen LogP contribution >= 0.6 is 0 Å². The van der Waals surface area contributed by atoms with Gasteiger partial charge in [0.05, 0.1) is 20.2 Å². The van der Waals surface area contributed by atoms with Crippen molar-refractivity contribution in [2.45, 2.75) is 32.4 Å². The van der Waals surface area contributed by atoms with E-state index in [-0.39, 0.29) is 0 Å². The molecular weight excluding hydrogens is 224 g/mol. The van der Waals surface area contributed by atoms with Crippen LogP contribution in [0.15, 0.2) is 24.3 Å². The third-order valence-electron chi connectivity index (χ3n) is 4.09. The van der Waals surface area contributed by atoms with Crippen LogP contribution in [0.1, 0.15) is 25.3 Å². The maximum absolute atomic E-state index is 5.38. The molecule has 0 radical (unpaired) electrons. The number of hydrogen-bond donors (Lipinski definition) is 2. The van der Waals surface area contributed by atoms with Gasteiger partial charge in [-0.25, -0.2) is 0 Å². The van der Waals surface area contributed by atoms with Crippen molar-refractivity contribution in [2.24, 2.45) is 0 Å². The maximum atomic E-state index is 5.38.